The van der Waals surface area contributed by atoms with Crippen molar-refractivity contribution in [2.24, 2.45) is 28.8 Å². The summed E-state index contributed by atoms with van der Waals surface area (Å²) in [6.07, 6.45) is 6.11. The summed E-state index contributed by atoms with van der Waals surface area (Å²) in [5.41, 5.74) is 8.88. The van der Waals surface area contributed by atoms with Crippen molar-refractivity contribution in [3.63, 3.8) is 0 Å². The molecule has 3 fully saturated rings. The number of carbonyl (C=O) groups is 5. The Bertz CT molecular complexity index is 2530. The first-order chi connectivity index (χ1) is 31.0. The van der Waals surface area contributed by atoms with Gasteiger partial charge < -0.3 is 29.2 Å². The largest absolute Gasteiger partial charge is 0.464 e. The van der Waals surface area contributed by atoms with Crippen LogP contribution in [0.3, 0.4) is 0 Å². The molecule has 6 bridgehead atoms. The third-order valence-electron chi connectivity index (χ3n) is 13.9. The number of thiazole rings is 1. The van der Waals surface area contributed by atoms with Crippen LogP contribution in [0.4, 0.5) is 0 Å². The smallest absolute Gasteiger partial charge is 0.324 e. The van der Waals surface area contributed by atoms with E-state index in [1.54, 1.807) is 23.8 Å². The molecule has 1 aromatic carbocycles. The van der Waals surface area contributed by atoms with Crippen molar-refractivity contribution in [1.82, 2.24) is 35.1 Å². The molecular weight excluding hydrogens is 845 g/mol. The van der Waals surface area contributed by atoms with Gasteiger partial charge in [0.05, 0.1) is 34.5 Å². The Labute approximate surface area is 385 Å². The number of nitrogens with zero attached hydrogens (tertiary/aromatic N) is 6. The fourth-order valence-electron chi connectivity index (χ4n) is 10.4. The zero-order chi connectivity index (χ0) is 46.4. The van der Waals surface area contributed by atoms with Gasteiger partial charge in [0, 0.05) is 91.5 Å². The van der Waals surface area contributed by atoms with Gasteiger partial charge in [0.15, 0.2) is 0 Å². The number of aromatic nitrogens is 2. The van der Waals surface area contributed by atoms with Gasteiger partial charge in [-0.25, -0.2) is 10.4 Å². The molecule has 0 aliphatic carbocycles. The van der Waals surface area contributed by atoms with Crippen molar-refractivity contribution in [1.29, 1.82) is 0 Å². The van der Waals surface area contributed by atoms with Crippen molar-refractivity contribution in [2.75, 3.05) is 39.9 Å². The Balaban J connectivity index is 1.15. The first kappa shape index (κ1) is 46.2. The molecule has 2 aromatic heterocycles. The maximum absolute atomic E-state index is 14.7. The highest BCUT2D eigenvalue weighted by molar-refractivity contribution is 7.10. The van der Waals surface area contributed by atoms with Gasteiger partial charge in [-0.3, -0.25) is 34.0 Å². The van der Waals surface area contributed by atoms with Gasteiger partial charge in [0.2, 0.25) is 11.8 Å². The number of aryl methyl sites for hydroxylation is 1. The molecule has 16 heteroatoms. The van der Waals surface area contributed by atoms with E-state index in [2.05, 4.69) is 66.2 Å². The van der Waals surface area contributed by atoms with E-state index in [0.717, 1.165) is 57.5 Å². The number of esters is 1. The second kappa shape index (κ2) is 18.5. The Morgan fingerprint density at radius 3 is 2.65 bits per heavy atom. The Morgan fingerprint density at radius 1 is 1.11 bits per heavy atom. The van der Waals surface area contributed by atoms with Gasteiger partial charge in [-0.1, -0.05) is 39.7 Å². The molecule has 1 spiro atoms. The van der Waals surface area contributed by atoms with E-state index in [1.165, 1.54) is 16.3 Å². The zero-order valence-corrected chi connectivity index (χ0v) is 39.7. The number of hydrazine groups is 1. The number of cyclic esters (lactones) is 1. The summed E-state index contributed by atoms with van der Waals surface area (Å²) in [5.74, 6) is 3.20. The number of hydrogen-bond donors (Lipinski definition) is 2. The molecule has 2 N–H and O–H groups in total. The lowest BCUT2D eigenvalue weighted by Gasteiger charge is -2.36. The molecule has 8 rings (SSSR count). The van der Waals surface area contributed by atoms with E-state index in [9.17, 15) is 24.0 Å². The normalized spacial score (nSPS) is 24.6. The summed E-state index contributed by atoms with van der Waals surface area (Å²) in [6.45, 7) is 13.1. The average molecular weight is 907 g/mol. The minimum Gasteiger partial charge on any atom is -0.464 e. The maximum Gasteiger partial charge on any atom is 0.324 e. The lowest BCUT2D eigenvalue weighted by atomic mass is 9.83. The molecule has 3 aromatic rings. The predicted octanol–water partition coefficient (Wildman–Crippen LogP) is 5.06. The minimum atomic E-state index is -1.07. The number of benzene rings is 1. The van der Waals surface area contributed by atoms with Gasteiger partial charge in [0.1, 0.15) is 18.1 Å². The average Bonchev–Trinajstić information content (AvgIpc) is 4.08. The topological polar surface area (TPSA) is 168 Å². The van der Waals surface area contributed by atoms with Crippen molar-refractivity contribution in [3.05, 3.63) is 45.5 Å². The van der Waals surface area contributed by atoms with Crippen LogP contribution in [0.2, 0.25) is 0 Å². The van der Waals surface area contributed by atoms with Crippen LogP contribution in [0.15, 0.2) is 34.3 Å². The number of rotatable bonds is 7. The molecule has 5 aliphatic heterocycles. The number of hydrogen-bond acceptors (Lipinski definition) is 11. The number of nitrogens with one attached hydrogen (secondary N) is 2. The van der Waals surface area contributed by atoms with E-state index in [0.29, 0.717) is 56.7 Å². The van der Waals surface area contributed by atoms with Crippen LogP contribution in [-0.2, 0) is 53.3 Å². The predicted molar refractivity (Wildman–Crippen MR) is 249 cm³/mol. The minimum absolute atomic E-state index is 0.0903. The molecule has 5 aliphatic rings. The molecule has 0 radical (unpaired) electrons. The number of amides is 4. The second-order valence-corrected chi connectivity index (χ2v) is 20.4. The molecule has 65 heavy (non-hydrogen) atoms. The van der Waals surface area contributed by atoms with Crippen LogP contribution in [0.25, 0.3) is 27.7 Å². The highest BCUT2D eigenvalue weighted by atomic mass is 32.1. The van der Waals surface area contributed by atoms with E-state index in [1.807, 2.05) is 32.4 Å². The lowest BCUT2D eigenvalue weighted by Crippen LogP contribution is -2.62. The third kappa shape index (κ3) is 8.99. The first-order valence-electron chi connectivity index (χ1n) is 23.0. The fraction of sp³-hybridized carbons (Fsp3) is 0.571. The van der Waals surface area contributed by atoms with Crippen LogP contribution in [0, 0.1) is 28.6 Å². The van der Waals surface area contributed by atoms with Crippen molar-refractivity contribution < 1.29 is 33.4 Å². The van der Waals surface area contributed by atoms with Crippen LogP contribution in [0.5, 0.6) is 0 Å². The zero-order valence-electron chi connectivity index (χ0n) is 38.9. The Morgan fingerprint density at radius 2 is 1.89 bits per heavy atom. The monoisotopic (exact) mass is 906 g/mol. The van der Waals surface area contributed by atoms with E-state index >= 15 is 0 Å². The number of allylic oxidation sites excluding steroid dienone is 1. The number of carbonyl (C=O) groups excluding carboxylic acids is 5. The summed E-state index contributed by atoms with van der Waals surface area (Å²) >= 11 is 1.42. The van der Waals surface area contributed by atoms with E-state index in [-0.39, 0.29) is 43.4 Å². The van der Waals surface area contributed by atoms with Crippen LogP contribution in [0.1, 0.15) is 96.3 Å². The van der Waals surface area contributed by atoms with E-state index < -0.39 is 46.7 Å². The summed E-state index contributed by atoms with van der Waals surface area (Å²) in [7, 11) is 3.79. The Kier molecular flexibility index (Phi) is 13.1. The molecule has 0 saturated carbocycles. The van der Waals surface area contributed by atoms with Crippen molar-refractivity contribution in [3.8, 4) is 23.1 Å². The standard InChI is InChI=1S/C49H62N8O7S/c1-9-12-40(58)55-21-17-49(27-55)18-22-56(47(49)62)42(29(2)3)44(59)52-36-24-39-51-37(26-65-39)31-15-16-38-33(23-31)34(43(54(38)7)32-13-10-19-50-41(32)30(4)63-8)25-48(5,6)28-64-46(61)35-14-11-20-57(53-35)45(36)60/h15-16,19,23,26,29-30,35-36,42,53H,10-11,13-14,17-18,20-22,24-25,27-28H2,1-8H3,(H,52,59)/t30-,35-,36-,42-,49?/m0/s1. The summed E-state index contributed by atoms with van der Waals surface area (Å²) in [4.78, 5) is 83.3. The molecule has 346 valence electrons. The van der Waals surface area contributed by atoms with Gasteiger partial charge in [-0.05, 0) is 88.3 Å². The van der Waals surface area contributed by atoms with Gasteiger partial charge in [-0.15, -0.1) is 11.3 Å². The van der Waals surface area contributed by atoms with Gasteiger partial charge in [-0.2, -0.15) is 0 Å². The SMILES string of the molecule is CC#CC(=O)N1CCC2(CCN([C@H](C(=O)N[C@H]3Cc4nc(cs4)-c4ccc5c(c4)c(c(C4=C([C@H](C)OC)N=CCC4)n5C)CC(C)(C)COC(=O)[C@@H]4CCCN(N4)C3=O)C(C)C)C2=O)C1. The van der Waals surface area contributed by atoms with Crippen LogP contribution >= 0.6 is 11.3 Å². The highest BCUT2D eigenvalue weighted by Crippen LogP contribution is 2.43. The fourth-order valence-corrected chi connectivity index (χ4v) is 11.3. The number of aliphatic imine (C=N–C) groups is 1. The molecule has 5 atom stereocenters. The number of fused-ring (bicyclic) bond motifs is 6. The number of likely N-dealkylation sites (tertiary alicyclic amines) is 2. The number of ether oxygens (including phenoxy) is 2. The van der Waals surface area contributed by atoms with Gasteiger partial charge >= 0.3 is 5.97 Å². The van der Waals surface area contributed by atoms with E-state index in [4.69, 9.17) is 19.5 Å². The second-order valence-electron chi connectivity index (χ2n) is 19.4. The molecule has 3 saturated heterocycles. The molecule has 1 unspecified atom stereocenters. The molecule has 7 heterocycles. The first-order valence-corrected chi connectivity index (χ1v) is 23.8. The van der Waals surface area contributed by atoms with Crippen molar-refractivity contribution in [2.45, 2.75) is 117 Å². The molecule has 15 nitrogen and oxygen atoms in total. The third-order valence-corrected chi connectivity index (χ3v) is 14.8. The summed E-state index contributed by atoms with van der Waals surface area (Å²) in [6, 6.07) is 3.67. The molecule has 4 amide bonds. The summed E-state index contributed by atoms with van der Waals surface area (Å²) in [5, 5.41) is 8.20. The summed E-state index contributed by atoms with van der Waals surface area (Å²) < 4.78 is 14.2. The molecular formula is C49H62N8O7S. The Hall–Kier alpha value is -5.37. The maximum atomic E-state index is 14.7. The van der Waals surface area contributed by atoms with Gasteiger partial charge in [0.25, 0.3) is 11.8 Å². The number of methoxy groups -OCH3 is 1. The highest BCUT2D eigenvalue weighted by Gasteiger charge is 2.54. The van der Waals surface area contributed by atoms with Crippen LogP contribution in [-0.4, -0.2) is 124 Å². The lowest BCUT2D eigenvalue weighted by molar-refractivity contribution is -0.155. The van der Waals surface area contributed by atoms with Crippen LogP contribution < -0.4 is 10.7 Å². The quantitative estimate of drug-likeness (QED) is 0.244. The van der Waals surface area contributed by atoms with Crippen molar-refractivity contribution >= 4 is 63.6 Å².